The van der Waals surface area contributed by atoms with Crippen LogP contribution >= 0.6 is 0 Å². The van der Waals surface area contributed by atoms with Crippen molar-refractivity contribution in [1.29, 1.82) is 0 Å². The van der Waals surface area contributed by atoms with Gasteiger partial charge in [-0.1, -0.05) is 127 Å². The lowest BCUT2D eigenvalue weighted by Gasteiger charge is -2.27. The normalized spacial score (nSPS) is 12.0. The highest BCUT2D eigenvalue weighted by Crippen LogP contribution is 2.50. The van der Waals surface area contributed by atoms with E-state index >= 15 is 0 Å². The molecular weight excluding hydrogens is 542 g/mol. The van der Waals surface area contributed by atoms with Crippen molar-refractivity contribution < 1.29 is 0 Å². The zero-order valence-electron chi connectivity index (χ0n) is 24.5. The molecule has 0 saturated carbocycles. The summed E-state index contributed by atoms with van der Waals surface area (Å²) < 4.78 is 0. The Balaban J connectivity index is 1.24. The third-order valence-corrected chi connectivity index (χ3v) is 9.70. The van der Waals surface area contributed by atoms with Crippen molar-refractivity contribution in [3.05, 3.63) is 164 Å². The Morgan fingerprint density at radius 1 is 0.267 bits per heavy atom. The van der Waals surface area contributed by atoms with E-state index in [9.17, 15) is 0 Å². The van der Waals surface area contributed by atoms with Crippen LogP contribution in [0.3, 0.4) is 0 Å². The molecule has 0 radical (unpaired) electrons. The van der Waals surface area contributed by atoms with Gasteiger partial charge in [-0.2, -0.15) is 0 Å². The molecule has 1 heteroatoms. The van der Waals surface area contributed by atoms with E-state index in [1.807, 2.05) is 0 Å². The molecule has 0 unspecified atom stereocenters. The van der Waals surface area contributed by atoms with Crippen LogP contribution in [0, 0.1) is 0 Å². The Morgan fingerprint density at radius 3 is 1.38 bits per heavy atom. The van der Waals surface area contributed by atoms with Gasteiger partial charge in [-0.05, 0) is 113 Å². The maximum Gasteiger partial charge on any atom is 0.0474 e. The summed E-state index contributed by atoms with van der Waals surface area (Å²) in [7, 11) is 0. The topological polar surface area (TPSA) is 3.24 Å². The molecular formula is C44H27N. The Hall–Kier alpha value is -5.92. The maximum absolute atomic E-state index is 2.44. The number of anilines is 3. The maximum atomic E-state index is 2.44. The van der Waals surface area contributed by atoms with Crippen molar-refractivity contribution in [2.45, 2.75) is 0 Å². The molecule has 0 spiro atoms. The minimum atomic E-state index is 1.15. The van der Waals surface area contributed by atoms with Crippen LogP contribution in [0.4, 0.5) is 17.1 Å². The van der Waals surface area contributed by atoms with Crippen molar-refractivity contribution in [2.75, 3.05) is 4.90 Å². The number of rotatable bonds is 3. The minimum Gasteiger partial charge on any atom is -0.310 e. The smallest absolute Gasteiger partial charge is 0.0474 e. The van der Waals surface area contributed by atoms with Gasteiger partial charge in [0, 0.05) is 17.1 Å². The first-order valence-electron chi connectivity index (χ1n) is 15.6. The quantitative estimate of drug-likeness (QED) is 0.191. The Morgan fingerprint density at radius 2 is 0.733 bits per heavy atom. The highest BCUT2D eigenvalue weighted by molar-refractivity contribution is 6.17. The molecule has 45 heavy (non-hydrogen) atoms. The lowest BCUT2D eigenvalue weighted by molar-refractivity contribution is 1.30. The van der Waals surface area contributed by atoms with E-state index in [0.717, 1.165) is 17.1 Å². The fraction of sp³-hybridized carbons (Fsp3) is 0. The standard InChI is InChI=1S/C44H27N/c1-3-11-36-28(8-1)16-18-30-24-33(20-22-38(30)36)45(34-21-23-39-31(25-34)19-17-29-9-2-4-12-37(29)39)35-26-32-10-7-15-42-40-13-5-6-14-41(40)43(27-35)44(32)42/h1-27H. The Bertz CT molecular complexity index is 2540. The van der Waals surface area contributed by atoms with Gasteiger partial charge >= 0.3 is 0 Å². The largest absolute Gasteiger partial charge is 0.310 e. The van der Waals surface area contributed by atoms with Crippen molar-refractivity contribution in [3.8, 4) is 22.3 Å². The van der Waals surface area contributed by atoms with Crippen LogP contribution in [0.1, 0.15) is 0 Å². The average Bonchev–Trinajstić information content (AvgIpc) is 3.43. The fourth-order valence-electron chi connectivity index (χ4n) is 7.66. The second kappa shape index (κ2) is 9.29. The van der Waals surface area contributed by atoms with Crippen LogP contribution in [0.5, 0.6) is 0 Å². The number of hydrogen-bond acceptors (Lipinski definition) is 1. The highest BCUT2D eigenvalue weighted by atomic mass is 15.1. The number of benzene rings is 9. The first-order valence-corrected chi connectivity index (χ1v) is 15.6. The monoisotopic (exact) mass is 569 g/mol. The molecule has 1 nitrogen and oxygen atoms in total. The summed E-state index contributed by atoms with van der Waals surface area (Å²) in [4.78, 5) is 2.44. The van der Waals surface area contributed by atoms with E-state index in [1.54, 1.807) is 0 Å². The summed E-state index contributed by atoms with van der Waals surface area (Å²) in [6, 6.07) is 60.5. The van der Waals surface area contributed by atoms with Crippen molar-refractivity contribution in [2.24, 2.45) is 0 Å². The van der Waals surface area contributed by atoms with Crippen LogP contribution in [0.2, 0.25) is 0 Å². The van der Waals surface area contributed by atoms with E-state index in [-0.39, 0.29) is 0 Å². The molecule has 0 bridgehead atoms. The molecule has 0 heterocycles. The molecule has 9 aromatic rings. The van der Waals surface area contributed by atoms with Crippen LogP contribution in [-0.2, 0) is 0 Å². The van der Waals surface area contributed by atoms with Crippen LogP contribution in [-0.4, -0.2) is 0 Å². The van der Waals surface area contributed by atoms with E-state index < -0.39 is 0 Å². The Labute approximate surface area is 261 Å². The molecule has 1 aliphatic carbocycles. The molecule has 9 aromatic carbocycles. The molecule has 0 atom stereocenters. The summed E-state index contributed by atoms with van der Waals surface area (Å²) >= 11 is 0. The van der Waals surface area contributed by atoms with E-state index in [1.165, 1.54) is 76.1 Å². The van der Waals surface area contributed by atoms with Gasteiger partial charge in [-0.3, -0.25) is 0 Å². The fourth-order valence-corrected chi connectivity index (χ4v) is 7.66. The third kappa shape index (κ3) is 3.62. The van der Waals surface area contributed by atoms with E-state index in [0.29, 0.717) is 0 Å². The summed E-state index contributed by atoms with van der Waals surface area (Å²) in [6.45, 7) is 0. The van der Waals surface area contributed by atoms with Crippen LogP contribution in [0.25, 0.3) is 76.1 Å². The first-order chi connectivity index (χ1) is 22.3. The number of nitrogens with zero attached hydrogens (tertiary/aromatic N) is 1. The zero-order valence-corrected chi connectivity index (χ0v) is 24.5. The van der Waals surface area contributed by atoms with Gasteiger partial charge in [0.05, 0.1) is 0 Å². The summed E-state index contributed by atoms with van der Waals surface area (Å²) in [5.74, 6) is 0. The Kier molecular flexibility index (Phi) is 5.06. The lowest BCUT2D eigenvalue weighted by Crippen LogP contribution is -2.10. The average molecular weight is 570 g/mol. The highest BCUT2D eigenvalue weighted by Gasteiger charge is 2.24. The van der Waals surface area contributed by atoms with E-state index in [4.69, 9.17) is 0 Å². The van der Waals surface area contributed by atoms with Gasteiger partial charge in [-0.15, -0.1) is 0 Å². The zero-order chi connectivity index (χ0) is 29.5. The molecule has 0 fully saturated rings. The van der Waals surface area contributed by atoms with Gasteiger partial charge in [0.1, 0.15) is 0 Å². The molecule has 0 saturated heterocycles. The van der Waals surface area contributed by atoms with Gasteiger partial charge < -0.3 is 4.90 Å². The number of fused-ring (bicyclic) bond motifs is 9. The van der Waals surface area contributed by atoms with Crippen molar-refractivity contribution in [1.82, 2.24) is 0 Å². The van der Waals surface area contributed by atoms with Gasteiger partial charge in [0.15, 0.2) is 0 Å². The molecule has 1 aliphatic rings. The molecule has 0 aliphatic heterocycles. The third-order valence-electron chi connectivity index (χ3n) is 9.70. The van der Waals surface area contributed by atoms with Crippen molar-refractivity contribution in [3.63, 3.8) is 0 Å². The summed E-state index contributed by atoms with van der Waals surface area (Å²) in [5.41, 5.74) is 8.70. The molecule has 0 aromatic heterocycles. The predicted octanol–water partition coefficient (Wildman–Crippen LogP) is 12.6. The second-order valence-corrected chi connectivity index (χ2v) is 12.2. The summed E-state index contributed by atoms with van der Waals surface area (Å²) in [5, 5.41) is 12.7. The lowest BCUT2D eigenvalue weighted by atomic mass is 9.98. The number of hydrogen-bond donors (Lipinski definition) is 0. The van der Waals surface area contributed by atoms with Gasteiger partial charge in [-0.25, -0.2) is 0 Å². The van der Waals surface area contributed by atoms with Crippen LogP contribution in [0.15, 0.2) is 164 Å². The summed E-state index contributed by atoms with van der Waals surface area (Å²) in [6.07, 6.45) is 0. The van der Waals surface area contributed by atoms with E-state index in [2.05, 4.69) is 169 Å². The first kappa shape index (κ1) is 24.5. The molecule has 10 rings (SSSR count). The molecule has 0 N–H and O–H groups in total. The van der Waals surface area contributed by atoms with Crippen LogP contribution < -0.4 is 4.90 Å². The van der Waals surface area contributed by atoms with Crippen molar-refractivity contribution >= 4 is 70.9 Å². The molecule has 208 valence electrons. The predicted molar refractivity (Wildman–Crippen MR) is 193 cm³/mol. The second-order valence-electron chi connectivity index (χ2n) is 12.2. The molecule has 0 amide bonds. The van der Waals surface area contributed by atoms with Gasteiger partial charge in [0.25, 0.3) is 0 Å². The SMILES string of the molecule is c1ccc2c(c1)-c1cccc3cc(N(c4ccc5c(ccc6ccccc65)c4)c4ccc5c(ccc6ccccc65)c4)cc-2c13. The van der Waals surface area contributed by atoms with Gasteiger partial charge in [0.2, 0.25) is 0 Å². The minimum absolute atomic E-state index is 1.15.